The number of carboxylic acids is 1. The summed E-state index contributed by atoms with van der Waals surface area (Å²) < 4.78 is 0. The number of nitrogens with zero attached hydrogens (tertiary/aromatic N) is 1. The maximum absolute atomic E-state index is 10.8. The first-order chi connectivity index (χ1) is 6.33. The molecule has 2 N–H and O–H groups in total. The zero-order chi connectivity index (χ0) is 10.9. The van der Waals surface area contributed by atoms with Gasteiger partial charge in [0.2, 0.25) is 0 Å². The molecule has 1 amide bonds. The number of rotatable bonds is 1. The van der Waals surface area contributed by atoms with E-state index in [9.17, 15) is 9.59 Å². The highest BCUT2D eigenvalue weighted by Gasteiger charge is 2.39. The molecule has 1 saturated heterocycles. The molecule has 1 unspecified atom stereocenters. The van der Waals surface area contributed by atoms with E-state index in [1.54, 1.807) is 0 Å². The van der Waals surface area contributed by atoms with Crippen LogP contribution in [0.4, 0.5) is 4.79 Å². The monoisotopic (exact) mass is 201 g/mol. The zero-order valence-electron chi connectivity index (χ0n) is 8.36. The van der Waals surface area contributed by atoms with E-state index in [0.717, 1.165) is 11.3 Å². The van der Waals surface area contributed by atoms with E-state index < -0.39 is 18.1 Å². The molecule has 1 fully saturated rings. The first-order valence-electron chi connectivity index (χ1n) is 4.56. The lowest BCUT2D eigenvalue weighted by Gasteiger charge is -2.40. The Morgan fingerprint density at radius 1 is 1.36 bits per heavy atom. The Bertz CT molecular complexity index is 262. The minimum Gasteiger partial charge on any atom is -0.480 e. The van der Waals surface area contributed by atoms with Crippen LogP contribution in [0.3, 0.4) is 0 Å². The van der Waals surface area contributed by atoms with Gasteiger partial charge in [0.05, 0.1) is 0 Å². The Hall–Kier alpha value is -1.26. The molecular formula is C9H15NO4. The molecule has 0 spiro atoms. The Balaban J connectivity index is 2.81. The summed E-state index contributed by atoms with van der Waals surface area (Å²) in [6.07, 6.45) is -0.00674. The Kier molecular flexibility index (Phi) is 2.69. The van der Waals surface area contributed by atoms with Gasteiger partial charge in [-0.1, -0.05) is 13.8 Å². The van der Waals surface area contributed by atoms with Crippen molar-refractivity contribution in [2.75, 3.05) is 6.54 Å². The van der Waals surface area contributed by atoms with Gasteiger partial charge in [-0.15, -0.1) is 0 Å². The van der Waals surface area contributed by atoms with Crippen molar-refractivity contribution >= 4 is 12.1 Å². The largest absolute Gasteiger partial charge is 0.480 e. The number of hydrogen-bond acceptors (Lipinski definition) is 2. The van der Waals surface area contributed by atoms with E-state index in [-0.39, 0.29) is 5.41 Å². The van der Waals surface area contributed by atoms with Crippen molar-refractivity contribution < 1.29 is 19.8 Å². The highest BCUT2D eigenvalue weighted by molar-refractivity contribution is 5.79. The number of carboxylic acid groups (broad SMARTS) is 2. The molecule has 1 aliphatic rings. The average molecular weight is 201 g/mol. The van der Waals surface area contributed by atoms with Gasteiger partial charge in [-0.3, -0.25) is 4.90 Å². The molecule has 0 aliphatic carbocycles. The number of amides is 1. The maximum atomic E-state index is 10.8. The van der Waals surface area contributed by atoms with Crippen LogP contribution in [0.5, 0.6) is 0 Å². The van der Waals surface area contributed by atoms with Gasteiger partial charge in [0.15, 0.2) is 0 Å². The summed E-state index contributed by atoms with van der Waals surface area (Å²) in [7, 11) is 0. The zero-order valence-corrected chi connectivity index (χ0v) is 8.36. The van der Waals surface area contributed by atoms with Gasteiger partial charge in [0.25, 0.3) is 0 Å². The van der Waals surface area contributed by atoms with E-state index in [1.807, 2.05) is 13.8 Å². The summed E-state index contributed by atoms with van der Waals surface area (Å²) in [4.78, 5) is 22.6. The van der Waals surface area contributed by atoms with Gasteiger partial charge in [-0.05, 0) is 18.3 Å². The van der Waals surface area contributed by atoms with E-state index in [1.165, 1.54) is 0 Å². The number of hydrogen-bond donors (Lipinski definition) is 2. The molecule has 0 bridgehead atoms. The molecule has 80 valence electrons. The normalized spacial score (nSPS) is 25.9. The number of aliphatic carboxylic acids is 1. The first-order valence-corrected chi connectivity index (χ1v) is 4.56. The molecule has 5 heteroatoms. The molecule has 0 aromatic heterocycles. The SMILES string of the molecule is CC1(C)CCC(C(=O)O)N(C(=O)O)C1. The lowest BCUT2D eigenvalue weighted by Crippen LogP contribution is -2.52. The van der Waals surface area contributed by atoms with Crippen LogP contribution in [-0.2, 0) is 4.79 Å². The lowest BCUT2D eigenvalue weighted by molar-refractivity contribution is -0.145. The second-order valence-electron chi connectivity index (χ2n) is 4.47. The van der Waals surface area contributed by atoms with E-state index in [4.69, 9.17) is 10.2 Å². The van der Waals surface area contributed by atoms with Crippen LogP contribution in [0.15, 0.2) is 0 Å². The molecule has 0 radical (unpaired) electrons. The van der Waals surface area contributed by atoms with Crippen molar-refractivity contribution in [3.05, 3.63) is 0 Å². The van der Waals surface area contributed by atoms with E-state index >= 15 is 0 Å². The highest BCUT2D eigenvalue weighted by atomic mass is 16.4. The number of carbonyl (C=O) groups is 2. The molecule has 0 saturated carbocycles. The van der Waals surface area contributed by atoms with Gasteiger partial charge >= 0.3 is 12.1 Å². The standard InChI is InChI=1S/C9H15NO4/c1-9(2)4-3-6(7(11)12)10(5-9)8(13)14/h6H,3-5H2,1-2H3,(H,11,12)(H,13,14). The number of piperidine rings is 1. The third-order valence-electron chi connectivity index (χ3n) is 2.60. The smallest absolute Gasteiger partial charge is 0.408 e. The fourth-order valence-electron chi connectivity index (χ4n) is 1.79. The van der Waals surface area contributed by atoms with Crippen molar-refractivity contribution in [2.45, 2.75) is 32.7 Å². The summed E-state index contributed by atoms with van der Waals surface area (Å²) in [5.41, 5.74) is -0.121. The second kappa shape index (κ2) is 3.48. The minimum atomic E-state index is -1.15. The van der Waals surface area contributed by atoms with E-state index in [2.05, 4.69) is 0 Å². The van der Waals surface area contributed by atoms with Crippen molar-refractivity contribution in [1.82, 2.24) is 4.90 Å². The van der Waals surface area contributed by atoms with Crippen molar-refractivity contribution in [3.63, 3.8) is 0 Å². The molecule has 1 rings (SSSR count). The van der Waals surface area contributed by atoms with Gasteiger partial charge in [0, 0.05) is 6.54 Å². The summed E-state index contributed by atoms with van der Waals surface area (Å²) in [5.74, 6) is -1.05. The third kappa shape index (κ3) is 2.16. The van der Waals surface area contributed by atoms with Crippen molar-refractivity contribution in [3.8, 4) is 0 Å². The quantitative estimate of drug-likeness (QED) is 0.669. The van der Waals surface area contributed by atoms with Crippen LogP contribution >= 0.6 is 0 Å². The van der Waals surface area contributed by atoms with Crippen LogP contribution in [0.1, 0.15) is 26.7 Å². The fourth-order valence-corrected chi connectivity index (χ4v) is 1.79. The van der Waals surface area contributed by atoms with Gasteiger partial charge in [0.1, 0.15) is 6.04 Å². The molecule has 5 nitrogen and oxygen atoms in total. The van der Waals surface area contributed by atoms with Gasteiger partial charge < -0.3 is 10.2 Å². The van der Waals surface area contributed by atoms with E-state index in [0.29, 0.717) is 13.0 Å². The number of likely N-dealkylation sites (tertiary alicyclic amines) is 1. The molecular weight excluding hydrogens is 186 g/mol. The van der Waals surface area contributed by atoms with Crippen LogP contribution in [0.25, 0.3) is 0 Å². The molecule has 0 aromatic carbocycles. The molecule has 1 heterocycles. The predicted molar refractivity (Wildman–Crippen MR) is 49.2 cm³/mol. The summed E-state index contributed by atoms with van der Waals surface area (Å²) in [6, 6.07) is -0.875. The van der Waals surface area contributed by atoms with Crippen LogP contribution < -0.4 is 0 Å². The molecule has 1 aliphatic heterocycles. The highest BCUT2D eigenvalue weighted by Crippen LogP contribution is 2.31. The maximum Gasteiger partial charge on any atom is 0.408 e. The van der Waals surface area contributed by atoms with Crippen LogP contribution in [0.2, 0.25) is 0 Å². The Morgan fingerprint density at radius 3 is 2.36 bits per heavy atom. The van der Waals surface area contributed by atoms with Crippen LogP contribution in [-0.4, -0.2) is 39.8 Å². The summed E-state index contributed by atoms with van der Waals surface area (Å²) >= 11 is 0. The minimum absolute atomic E-state index is 0.121. The lowest BCUT2D eigenvalue weighted by atomic mass is 9.81. The topological polar surface area (TPSA) is 77.8 Å². The first kappa shape index (κ1) is 10.8. The van der Waals surface area contributed by atoms with Crippen LogP contribution in [0, 0.1) is 5.41 Å². The fraction of sp³-hybridized carbons (Fsp3) is 0.778. The Labute approximate surface area is 82.3 Å². The molecule has 0 aromatic rings. The van der Waals surface area contributed by atoms with Crippen molar-refractivity contribution in [2.24, 2.45) is 5.41 Å². The predicted octanol–water partition coefficient (Wildman–Crippen LogP) is 1.24. The molecule has 14 heavy (non-hydrogen) atoms. The summed E-state index contributed by atoms with van der Waals surface area (Å²) in [5, 5.41) is 17.7. The third-order valence-corrected chi connectivity index (χ3v) is 2.60. The Morgan fingerprint density at radius 2 is 1.93 bits per heavy atom. The second-order valence-corrected chi connectivity index (χ2v) is 4.47. The van der Waals surface area contributed by atoms with Gasteiger partial charge in [-0.2, -0.15) is 0 Å². The summed E-state index contributed by atoms with van der Waals surface area (Å²) in [6.45, 7) is 4.18. The molecule has 1 atom stereocenters. The average Bonchev–Trinajstić information content (AvgIpc) is 2.01. The van der Waals surface area contributed by atoms with Crippen molar-refractivity contribution in [1.29, 1.82) is 0 Å². The van der Waals surface area contributed by atoms with Gasteiger partial charge in [-0.25, -0.2) is 9.59 Å².